The standard InChI is InChI=1S/C17H14Cl2F3N5O/c1-10-15(19)16(17(20,21)22)25-27(10)9-14(28)23-13-6-7-26(24-13)8-11-2-4-12(18)5-3-11/h2-7H,8-9H2,1H3,(H,23,24,28). The fourth-order valence-corrected chi connectivity index (χ4v) is 2.84. The Kier molecular flexibility index (Phi) is 5.66. The molecule has 11 heteroatoms. The van der Waals surface area contributed by atoms with E-state index in [-0.39, 0.29) is 11.5 Å². The number of nitrogens with one attached hydrogen (secondary N) is 1. The zero-order valence-electron chi connectivity index (χ0n) is 14.5. The lowest BCUT2D eigenvalue weighted by Crippen LogP contribution is -2.21. The molecule has 0 aliphatic rings. The highest BCUT2D eigenvalue weighted by Crippen LogP contribution is 2.35. The normalized spacial score (nSPS) is 11.6. The van der Waals surface area contributed by atoms with Crippen LogP contribution in [0.5, 0.6) is 0 Å². The van der Waals surface area contributed by atoms with Crippen molar-refractivity contribution in [1.29, 1.82) is 0 Å². The van der Waals surface area contributed by atoms with Crippen molar-refractivity contribution in [3.8, 4) is 0 Å². The molecule has 148 valence electrons. The van der Waals surface area contributed by atoms with Gasteiger partial charge in [0, 0.05) is 17.3 Å². The summed E-state index contributed by atoms with van der Waals surface area (Å²) in [5, 5.41) is 10.2. The first-order valence-electron chi connectivity index (χ1n) is 8.01. The van der Waals surface area contributed by atoms with Crippen LogP contribution in [0.15, 0.2) is 36.5 Å². The minimum Gasteiger partial charge on any atom is -0.308 e. The highest BCUT2D eigenvalue weighted by atomic mass is 35.5. The maximum absolute atomic E-state index is 12.8. The third-order valence-corrected chi connectivity index (χ3v) is 4.57. The van der Waals surface area contributed by atoms with Gasteiger partial charge in [0.25, 0.3) is 0 Å². The first kappa shape index (κ1) is 20.2. The molecule has 0 atom stereocenters. The van der Waals surface area contributed by atoms with E-state index in [4.69, 9.17) is 23.2 Å². The number of hydrogen-bond donors (Lipinski definition) is 1. The number of halogens is 5. The van der Waals surface area contributed by atoms with Gasteiger partial charge in [0.1, 0.15) is 6.54 Å². The van der Waals surface area contributed by atoms with Gasteiger partial charge < -0.3 is 5.32 Å². The van der Waals surface area contributed by atoms with Crippen LogP contribution in [-0.4, -0.2) is 25.5 Å². The summed E-state index contributed by atoms with van der Waals surface area (Å²) in [5.74, 6) is -0.307. The number of carbonyl (C=O) groups is 1. The molecule has 0 bridgehead atoms. The van der Waals surface area contributed by atoms with Crippen molar-refractivity contribution in [2.75, 3.05) is 5.32 Å². The van der Waals surface area contributed by atoms with E-state index in [0.717, 1.165) is 10.2 Å². The largest absolute Gasteiger partial charge is 0.436 e. The lowest BCUT2D eigenvalue weighted by atomic mass is 10.2. The third-order valence-electron chi connectivity index (χ3n) is 3.86. The maximum atomic E-state index is 12.8. The molecule has 3 aromatic rings. The number of hydrogen-bond acceptors (Lipinski definition) is 3. The summed E-state index contributed by atoms with van der Waals surface area (Å²) < 4.78 is 41.1. The minimum atomic E-state index is -4.69. The van der Waals surface area contributed by atoms with Gasteiger partial charge >= 0.3 is 6.18 Å². The van der Waals surface area contributed by atoms with Gasteiger partial charge in [0.05, 0.1) is 17.3 Å². The van der Waals surface area contributed by atoms with Crippen LogP contribution in [0.1, 0.15) is 17.0 Å². The van der Waals surface area contributed by atoms with Gasteiger partial charge in [-0.15, -0.1) is 0 Å². The Hall–Kier alpha value is -2.52. The summed E-state index contributed by atoms with van der Waals surface area (Å²) in [6, 6.07) is 8.80. The van der Waals surface area contributed by atoms with Crippen molar-refractivity contribution in [1.82, 2.24) is 19.6 Å². The highest BCUT2D eigenvalue weighted by Gasteiger charge is 2.38. The second-order valence-electron chi connectivity index (χ2n) is 5.98. The van der Waals surface area contributed by atoms with Crippen LogP contribution in [0.4, 0.5) is 19.0 Å². The summed E-state index contributed by atoms with van der Waals surface area (Å²) in [5.41, 5.74) is -0.198. The Balaban J connectivity index is 1.64. The molecular formula is C17H14Cl2F3N5O. The Morgan fingerprint density at radius 2 is 1.82 bits per heavy atom. The summed E-state index contributed by atoms with van der Waals surface area (Å²) in [4.78, 5) is 12.1. The second kappa shape index (κ2) is 7.84. The van der Waals surface area contributed by atoms with E-state index in [0.29, 0.717) is 11.6 Å². The molecule has 0 radical (unpaired) electrons. The predicted molar refractivity (Wildman–Crippen MR) is 98.4 cm³/mol. The van der Waals surface area contributed by atoms with Crippen LogP contribution >= 0.6 is 23.2 Å². The smallest absolute Gasteiger partial charge is 0.308 e. The van der Waals surface area contributed by atoms with Crippen LogP contribution in [0.2, 0.25) is 10.0 Å². The van der Waals surface area contributed by atoms with Crippen LogP contribution in [0.25, 0.3) is 0 Å². The Bertz CT molecular complexity index is 995. The monoisotopic (exact) mass is 431 g/mol. The van der Waals surface area contributed by atoms with Crippen molar-refractivity contribution < 1.29 is 18.0 Å². The van der Waals surface area contributed by atoms with E-state index in [2.05, 4.69) is 15.5 Å². The van der Waals surface area contributed by atoms with Crippen LogP contribution < -0.4 is 5.32 Å². The van der Waals surface area contributed by atoms with Crippen molar-refractivity contribution in [2.24, 2.45) is 0 Å². The van der Waals surface area contributed by atoms with E-state index >= 15 is 0 Å². The molecule has 1 amide bonds. The number of carbonyl (C=O) groups excluding carboxylic acids is 1. The highest BCUT2D eigenvalue weighted by molar-refractivity contribution is 6.32. The molecule has 2 heterocycles. The molecule has 0 fully saturated rings. The van der Waals surface area contributed by atoms with Gasteiger partial charge in [0.15, 0.2) is 11.5 Å². The van der Waals surface area contributed by atoms with Crippen LogP contribution in [0.3, 0.4) is 0 Å². The molecule has 0 aliphatic carbocycles. The van der Waals surface area contributed by atoms with Gasteiger partial charge in [-0.3, -0.25) is 14.2 Å². The summed E-state index contributed by atoms with van der Waals surface area (Å²) >= 11 is 11.5. The molecular weight excluding hydrogens is 418 g/mol. The summed E-state index contributed by atoms with van der Waals surface area (Å²) in [6.07, 6.45) is -3.02. The van der Waals surface area contributed by atoms with Crippen LogP contribution in [0, 0.1) is 6.92 Å². The zero-order valence-corrected chi connectivity index (χ0v) is 16.0. The molecule has 3 rings (SSSR count). The average molecular weight is 432 g/mol. The molecule has 0 spiro atoms. The lowest BCUT2D eigenvalue weighted by molar-refractivity contribution is -0.141. The van der Waals surface area contributed by atoms with Gasteiger partial charge in [-0.1, -0.05) is 35.3 Å². The molecule has 0 unspecified atom stereocenters. The topological polar surface area (TPSA) is 64.7 Å². The zero-order chi connectivity index (χ0) is 20.5. The molecule has 6 nitrogen and oxygen atoms in total. The molecule has 28 heavy (non-hydrogen) atoms. The summed E-state index contributed by atoms with van der Waals surface area (Å²) in [7, 11) is 0. The molecule has 0 aliphatic heterocycles. The molecule has 2 aromatic heterocycles. The van der Waals surface area contributed by atoms with Crippen molar-refractivity contribution >= 4 is 34.9 Å². The molecule has 1 N–H and O–H groups in total. The van der Waals surface area contributed by atoms with E-state index < -0.39 is 29.3 Å². The van der Waals surface area contributed by atoms with E-state index in [1.54, 1.807) is 29.1 Å². The van der Waals surface area contributed by atoms with Crippen LogP contribution in [-0.2, 0) is 24.1 Å². The maximum Gasteiger partial charge on any atom is 0.436 e. The van der Waals surface area contributed by atoms with Gasteiger partial charge in [-0.05, 0) is 24.6 Å². The number of nitrogens with zero attached hydrogens (tertiary/aromatic N) is 4. The molecule has 1 aromatic carbocycles. The van der Waals surface area contributed by atoms with Gasteiger partial charge in [-0.25, -0.2) is 0 Å². The lowest BCUT2D eigenvalue weighted by Gasteiger charge is -2.05. The fourth-order valence-electron chi connectivity index (χ4n) is 2.47. The van der Waals surface area contributed by atoms with Gasteiger partial charge in [0.2, 0.25) is 5.91 Å². The van der Waals surface area contributed by atoms with Crippen molar-refractivity contribution in [3.05, 3.63) is 63.5 Å². The number of amides is 1. The summed E-state index contributed by atoms with van der Waals surface area (Å²) in [6.45, 7) is 1.40. The predicted octanol–water partition coefficient (Wildman–Crippen LogP) is 4.40. The number of anilines is 1. The molecule has 0 saturated heterocycles. The first-order chi connectivity index (χ1) is 13.1. The quantitative estimate of drug-likeness (QED) is 0.650. The number of aromatic nitrogens is 4. The average Bonchev–Trinajstić information content (AvgIpc) is 3.16. The van der Waals surface area contributed by atoms with Gasteiger partial charge in [-0.2, -0.15) is 23.4 Å². The Morgan fingerprint density at radius 1 is 1.14 bits per heavy atom. The number of rotatable bonds is 5. The number of benzene rings is 1. The van der Waals surface area contributed by atoms with E-state index in [1.807, 2.05) is 12.1 Å². The fraction of sp³-hybridized carbons (Fsp3) is 0.235. The van der Waals surface area contributed by atoms with Crippen molar-refractivity contribution in [3.63, 3.8) is 0 Å². The van der Waals surface area contributed by atoms with E-state index in [1.165, 1.54) is 6.92 Å². The Morgan fingerprint density at radius 3 is 2.43 bits per heavy atom. The SMILES string of the molecule is Cc1c(Cl)c(C(F)(F)F)nn1CC(=O)Nc1ccn(Cc2ccc(Cl)cc2)n1. The molecule has 0 saturated carbocycles. The minimum absolute atomic E-state index is 0.0532. The van der Waals surface area contributed by atoms with Crippen molar-refractivity contribution in [2.45, 2.75) is 26.2 Å². The number of alkyl halides is 3. The second-order valence-corrected chi connectivity index (χ2v) is 6.79. The first-order valence-corrected chi connectivity index (χ1v) is 8.77. The van der Waals surface area contributed by atoms with E-state index in [9.17, 15) is 18.0 Å². The Labute approximate surface area is 167 Å². The third kappa shape index (κ3) is 4.66.